The molecule has 0 saturated heterocycles. The van der Waals surface area contributed by atoms with Crippen molar-refractivity contribution in [1.29, 1.82) is 0 Å². The number of carbonyl (C=O) groups is 2. The zero-order valence-electron chi connectivity index (χ0n) is 9.21. The van der Waals surface area contributed by atoms with Crippen molar-refractivity contribution < 1.29 is 9.59 Å². The van der Waals surface area contributed by atoms with E-state index in [9.17, 15) is 9.59 Å². The van der Waals surface area contributed by atoms with Gasteiger partial charge in [0.05, 0.1) is 0 Å². The Labute approximate surface area is 86.1 Å². The second kappa shape index (κ2) is 5.28. The highest BCUT2D eigenvalue weighted by atomic mass is 16.2. The van der Waals surface area contributed by atoms with Crippen LogP contribution in [0.2, 0.25) is 0 Å². The third-order valence-corrected chi connectivity index (χ3v) is 3.34. The maximum absolute atomic E-state index is 11.3. The zero-order valence-corrected chi connectivity index (χ0v) is 9.21. The second-order valence-electron chi connectivity index (χ2n) is 4.49. The molecule has 14 heavy (non-hydrogen) atoms. The molecule has 1 rings (SSSR count). The van der Waals surface area contributed by atoms with Crippen LogP contribution < -0.4 is 0 Å². The fourth-order valence-corrected chi connectivity index (χ4v) is 2.00. The molecule has 0 bridgehead atoms. The lowest BCUT2D eigenvalue weighted by atomic mass is 9.77. The molecule has 1 atom stereocenters. The van der Waals surface area contributed by atoms with Crippen molar-refractivity contribution in [2.45, 2.75) is 52.4 Å². The number of rotatable bonds is 6. The Bertz CT molecular complexity index is 216. The molecule has 2 heteroatoms. The molecule has 2 nitrogen and oxygen atoms in total. The first-order valence-electron chi connectivity index (χ1n) is 5.67. The summed E-state index contributed by atoms with van der Waals surface area (Å²) < 4.78 is 0. The average Bonchev–Trinajstić information content (AvgIpc) is 2.08. The Morgan fingerprint density at radius 2 is 2.00 bits per heavy atom. The Kier molecular flexibility index (Phi) is 4.30. The molecule has 0 aliphatic heterocycles. The molecular formula is C12H20O2. The van der Waals surface area contributed by atoms with Crippen molar-refractivity contribution >= 4 is 11.6 Å². The average molecular weight is 196 g/mol. The molecule has 1 aliphatic rings. The van der Waals surface area contributed by atoms with Crippen LogP contribution in [-0.2, 0) is 9.59 Å². The SMILES string of the molecule is CCC(CC(=O)C(C)=O)CC1CCC1. The van der Waals surface area contributed by atoms with Crippen LogP contribution in [0.1, 0.15) is 52.4 Å². The van der Waals surface area contributed by atoms with E-state index in [1.54, 1.807) is 0 Å². The Hall–Kier alpha value is -0.660. The summed E-state index contributed by atoms with van der Waals surface area (Å²) in [6, 6.07) is 0. The minimum absolute atomic E-state index is 0.184. The molecule has 1 saturated carbocycles. The van der Waals surface area contributed by atoms with Gasteiger partial charge < -0.3 is 0 Å². The quantitative estimate of drug-likeness (QED) is 0.612. The lowest BCUT2D eigenvalue weighted by molar-refractivity contribution is -0.136. The zero-order chi connectivity index (χ0) is 10.6. The summed E-state index contributed by atoms with van der Waals surface area (Å²) in [5.41, 5.74) is 0. The van der Waals surface area contributed by atoms with Crippen molar-refractivity contribution in [3.05, 3.63) is 0 Å². The number of hydrogen-bond acceptors (Lipinski definition) is 2. The lowest BCUT2D eigenvalue weighted by Crippen LogP contribution is -2.20. The number of Topliss-reactive ketones (excluding diaryl/α,β-unsaturated/α-hetero) is 2. The lowest BCUT2D eigenvalue weighted by Gasteiger charge is -2.28. The minimum Gasteiger partial charge on any atom is -0.291 e. The van der Waals surface area contributed by atoms with E-state index in [1.807, 2.05) is 0 Å². The molecule has 0 spiro atoms. The van der Waals surface area contributed by atoms with E-state index < -0.39 is 0 Å². The highest BCUT2D eigenvalue weighted by Crippen LogP contribution is 2.34. The summed E-state index contributed by atoms with van der Waals surface area (Å²) in [6.45, 7) is 3.48. The van der Waals surface area contributed by atoms with Gasteiger partial charge in [-0.15, -0.1) is 0 Å². The fourth-order valence-electron chi connectivity index (χ4n) is 2.00. The van der Waals surface area contributed by atoms with Crippen LogP contribution in [0.4, 0.5) is 0 Å². The van der Waals surface area contributed by atoms with Crippen LogP contribution in [0, 0.1) is 11.8 Å². The van der Waals surface area contributed by atoms with Gasteiger partial charge in [0, 0.05) is 13.3 Å². The minimum atomic E-state index is -0.281. The first-order valence-corrected chi connectivity index (χ1v) is 5.67. The van der Waals surface area contributed by atoms with E-state index >= 15 is 0 Å². The molecule has 0 N–H and O–H groups in total. The van der Waals surface area contributed by atoms with Gasteiger partial charge in [-0.3, -0.25) is 9.59 Å². The van der Waals surface area contributed by atoms with Gasteiger partial charge in [-0.1, -0.05) is 32.6 Å². The second-order valence-corrected chi connectivity index (χ2v) is 4.49. The topological polar surface area (TPSA) is 34.1 Å². The largest absolute Gasteiger partial charge is 0.291 e. The number of carbonyl (C=O) groups excluding carboxylic acids is 2. The highest BCUT2D eigenvalue weighted by Gasteiger charge is 2.23. The third-order valence-electron chi connectivity index (χ3n) is 3.34. The molecule has 80 valence electrons. The highest BCUT2D eigenvalue weighted by molar-refractivity contribution is 6.36. The summed E-state index contributed by atoms with van der Waals surface area (Å²) in [5.74, 6) is 0.810. The molecule has 1 unspecified atom stereocenters. The molecule has 1 fully saturated rings. The van der Waals surface area contributed by atoms with Crippen molar-refractivity contribution in [2.24, 2.45) is 11.8 Å². The van der Waals surface area contributed by atoms with E-state index in [-0.39, 0.29) is 11.6 Å². The van der Waals surface area contributed by atoms with E-state index in [2.05, 4.69) is 6.92 Å². The fraction of sp³-hybridized carbons (Fsp3) is 0.833. The van der Waals surface area contributed by atoms with Crippen LogP contribution in [0.3, 0.4) is 0 Å². The van der Waals surface area contributed by atoms with Gasteiger partial charge in [0.1, 0.15) is 0 Å². The van der Waals surface area contributed by atoms with E-state index in [0.29, 0.717) is 12.3 Å². The molecular weight excluding hydrogens is 176 g/mol. The van der Waals surface area contributed by atoms with Crippen molar-refractivity contribution in [3.63, 3.8) is 0 Å². The summed E-state index contributed by atoms with van der Waals surface area (Å²) in [4.78, 5) is 22.1. The van der Waals surface area contributed by atoms with Gasteiger partial charge in [-0.2, -0.15) is 0 Å². The van der Waals surface area contributed by atoms with Crippen LogP contribution in [-0.4, -0.2) is 11.6 Å². The van der Waals surface area contributed by atoms with Crippen molar-refractivity contribution in [3.8, 4) is 0 Å². The van der Waals surface area contributed by atoms with Gasteiger partial charge in [-0.25, -0.2) is 0 Å². The molecule has 0 aromatic rings. The van der Waals surface area contributed by atoms with Crippen molar-refractivity contribution in [1.82, 2.24) is 0 Å². The first kappa shape index (κ1) is 11.4. The number of ketones is 2. The summed E-state index contributed by atoms with van der Waals surface area (Å²) in [5, 5.41) is 0. The molecule has 0 aromatic heterocycles. The summed E-state index contributed by atoms with van der Waals surface area (Å²) in [7, 11) is 0. The molecule has 1 aliphatic carbocycles. The Balaban J connectivity index is 2.29. The normalized spacial score (nSPS) is 18.7. The van der Waals surface area contributed by atoms with Gasteiger partial charge >= 0.3 is 0 Å². The predicted octanol–water partition coefficient (Wildman–Crippen LogP) is 2.75. The first-order chi connectivity index (χ1) is 6.63. The van der Waals surface area contributed by atoms with Crippen LogP contribution >= 0.6 is 0 Å². The van der Waals surface area contributed by atoms with E-state index in [4.69, 9.17) is 0 Å². The van der Waals surface area contributed by atoms with Gasteiger partial charge in [0.2, 0.25) is 0 Å². The van der Waals surface area contributed by atoms with Crippen molar-refractivity contribution in [2.75, 3.05) is 0 Å². The summed E-state index contributed by atoms with van der Waals surface area (Å²) >= 11 is 0. The van der Waals surface area contributed by atoms with Crippen LogP contribution in [0.5, 0.6) is 0 Å². The van der Waals surface area contributed by atoms with E-state index in [0.717, 1.165) is 18.8 Å². The van der Waals surface area contributed by atoms with Crippen LogP contribution in [0.15, 0.2) is 0 Å². The molecule has 0 aromatic carbocycles. The van der Waals surface area contributed by atoms with Crippen LogP contribution in [0.25, 0.3) is 0 Å². The van der Waals surface area contributed by atoms with Gasteiger partial charge in [0.25, 0.3) is 0 Å². The maximum atomic E-state index is 11.3. The third kappa shape index (κ3) is 3.24. The van der Waals surface area contributed by atoms with Gasteiger partial charge in [-0.05, 0) is 18.3 Å². The van der Waals surface area contributed by atoms with E-state index in [1.165, 1.54) is 26.2 Å². The Morgan fingerprint density at radius 3 is 2.36 bits per heavy atom. The molecule has 0 amide bonds. The Morgan fingerprint density at radius 1 is 1.36 bits per heavy atom. The predicted molar refractivity (Wildman–Crippen MR) is 56.0 cm³/mol. The smallest absolute Gasteiger partial charge is 0.198 e. The number of hydrogen-bond donors (Lipinski definition) is 0. The standard InChI is InChI=1S/C12H20O2/c1-3-10(7-11-5-4-6-11)8-12(14)9(2)13/h10-11H,3-8H2,1-2H3. The van der Waals surface area contributed by atoms with Gasteiger partial charge in [0.15, 0.2) is 11.6 Å². The molecule has 0 heterocycles. The summed E-state index contributed by atoms with van der Waals surface area (Å²) in [6.07, 6.45) is 6.64. The monoisotopic (exact) mass is 196 g/mol. The molecule has 0 radical (unpaired) electrons. The maximum Gasteiger partial charge on any atom is 0.198 e.